The molecule has 30 heavy (non-hydrogen) atoms. The maximum atomic E-state index is 13.0. The number of nitrogens with one attached hydrogen (secondary N) is 1. The number of likely N-dealkylation sites (tertiary alicyclic amines) is 1. The van der Waals surface area contributed by atoms with Gasteiger partial charge in [0, 0.05) is 61.4 Å². The highest BCUT2D eigenvalue weighted by molar-refractivity contribution is 5.98. The summed E-state index contributed by atoms with van der Waals surface area (Å²) in [4.78, 5) is 23.8. The second-order valence-electron chi connectivity index (χ2n) is 9.53. The van der Waals surface area contributed by atoms with Crippen LogP contribution in [-0.2, 0) is 6.54 Å². The summed E-state index contributed by atoms with van der Waals surface area (Å²) in [5.41, 5.74) is 3.27. The van der Waals surface area contributed by atoms with Crippen LogP contribution in [0.1, 0.15) is 67.3 Å². The Balaban J connectivity index is 1.25. The molecule has 162 valence electrons. The third-order valence-corrected chi connectivity index (χ3v) is 7.52. The highest BCUT2D eigenvalue weighted by Gasteiger charge is 2.26. The molecule has 1 aromatic carbocycles. The molecule has 5 nitrogen and oxygen atoms in total. The predicted molar refractivity (Wildman–Crippen MR) is 122 cm³/mol. The van der Waals surface area contributed by atoms with E-state index in [0.717, 1.165) is 56.1 Å². The Morgan fingerprint density at radius 2 is 1.73 bits per heavy atom. The summed E-state index contributed by atoms with van der Waals surface area (Å²) in [6, 6.07) is 7.11. The van der Waals surface area contributed by atoms with Gasteiger partial charge in [-0.1, -0.05) is 25.3 Å². The van der Waals surface area contributed by atoms with Crippen LogP contribution in [0.25, 0.3) is 10.9 Å². The molecule has 1 amide bonds. The number of carbonyl (C=O) groups is 1. The SMILES string of the molecule is O=C(c1ccc2c(CN3CCCN(C4CCC4)CC3)c[nH]c2c1)N1CCCCCC1. The van der Waals surface area contributed by atoms with Gasteiger partial charge in [0.25, 0.3) is 5.91 Å². The topological polar surface area (TPSA) is 42.6 Å². The molecule has 5 heteroatoms. The van der Waals surface area contributed by atoms with E-state index in [1.165, 1.54) is 69.1 Å². The Kier molecular flexibility index (Phi) is 6.09. The van der Waals surface area contributed by atoms with Crippen LogP contribution >= 0.6 is 0 Å². The van der Waals surface area contributed by atoms with Crippen molar-refractivity contribution in [3.05, 3.63) is 35.5 Å². The van der Waals surface area contributed by atoms with Gasteiger partial charge in [0.15, 0.2) is 0 Å². The maximum Gasteiger partial charge on any atom is 0.253 e. The van der Waals surface area contributed by atoms with Gasteiger partial charge in [0.2, 0.25) is 0 Å². The van der Waals surface area contributed by atoms with Crippen LogP contribution in [0.15, 0.2) is 24.4 Å². The number of aromatic amines is 1. The van der Waals surface area contributed by atoms with Crippen molar-refractivity contribution < 1.29 is 4.79 Å². The van der Waals surface area contributed by atoms with Crippen LogP contribution in [0.4, 0.5) is 0 Å². The summed E-state index contributed by atoms with van der Waals surface area (Å²) in [7, 11) is 0. The number of H-pyrrole nitrogens is 1. The minimum atomic E-state index is 0.193. The molecule has 0 radical (unpaired) electrons. The van der Waals surface area contributed by atoms with Crippen LogP contribution in [0, 0.1) is 0 Å². The molecule has 3 heterocycles. The molecular weight excluding hydrogens is 372 g/mol. The second-order valence-corrected chi connectivity index (χ2v) is 9.53. The lowest BCUT2D eigenvalue weighted by molar-refractivity contribution is 0.0762. The molecule has 0 atom stereocenters. The van der Waals surface area contributed by atoms with Crippen molar-refractivity contribution >= 4 is 16.8 Å². The third kappa shape index (κ3) is 4.28. The van der Waals surface area contributed by atoms with Crippen LogP contribution in [0.5, 0.6) is 0 Å². The van der Waals surface area contributed by atoms with Crippen LogP contribution < -0.4 is 0 Å². The van der Waals surface area contributed by atoms with Gasteiger partial charge in [0.1, 0.15) is 0 Å². The zero-order valence-electron chi connectivity index (χ0n) is 18.2. The summed E-state index contributed by atoms with van der Waals surface area (Å²) in [6.07, 6.45) is 12.4. The van der Waals surface area contributed by atoms with Crippen LogP contribution in [0.2, 0.25) is 0 Å². The Labute approximate surface area is 180 Å². The summed E-state index contributed by atoms with van der Waals surface area (Å²) in [5.74, 6) is 0.193. The summed E-state index contributed by atoms with van der Waals surface area (Å²) >= 11 is 0. The van der Waals surface area contributed by atoms with E-state index in [9.17, 15) is 4.79 Å². The van der Waals surface area contributed by atoms with Crippen LogP contribution in [0.3, 0.4) is 0 Å². The average Bonchev–Trinajstić information content (AvgIpc) is 2.91. The van der Waals surface area contributed by atoms with E-state index in [4.69, 9.17) is 0 Å². The Morgan fingerprint density at radius 3 is 2.50 bits per heavy atom. The number of carbonyl (C=O) groups excluding carboxylic acids is 1. The van der Waals surface area contributed by atoms with Crippen molar-refractivity contribution in [2.75, 3.05) is 39.3 Å². The molecule has 1 N–H and O–H groups in total. The molecule has 2 saturated heterocycles. The Bertz CT molecular complexity index is 863. The van der Waals surface area contributed by atoms with E-state index in [0.29, 0.717) is 0 Å². The number of hydrogen-bond donors (Lipinski definition) is 1. The number of fused-ring (bicyclic) bond motifs is 1. The molecule has 2 aromatic rings. The number of rotatable bonds is 4. The highest BCUT2D eigenvalue weighted by Crippen LogP contribution is 2.27. The van der Waals surface area contributed by atoms with E-state index in [1.54, 1.807) is 0 Å². The second kappa shape index (κ2) is 9.11. The molecular formula is C25H36N4O. The van der Waals surface area contributed by atoms with Crippen molar-refractivity contribution in [1.82, 2.24) is 19.7 Å². The molecule has 0 unspecified atom stereocenters. The van der Waals surface area contributed by atoms with Crippen molar-refractivity contribution in [1.29, 1.82) is 0 Å². The van der Waals surface area contributed by atoms with E-state index in [2.05, 4.69) is 33.1 Å². The molecule has 1 aromatic heterocycles. The van der Waals surface area contributed by atoms with Gasteiger partial charge in [-0.2, -0.15) is 0 Å². The first-order valence-corrected chi connectivity index (χ1v) is 12.1. The highest BCUT2D eigenvalue weighted by atomic mass is 16.2. The lowest BCUT2D eigenvalue weighted by atomic mass is 9.91. The molecule has 0 bridgehead atoms. The maximum absolute atomic E-state index is 13.0. The largest absolute Gasteiger partial charge is 0.361 e. The van der Waals surface area contributed by atoms with Gasteiger partial charge in [0.05, 0.1) is 0 Å². The minimum Gasteiger partial charge on any atom is -0.361 e. The molecule has 1 saturated carbocycles. The van der Waals surface area contributed by atoms with E-state index < -0.39 is 0 Å². The van der Waals surface area contributed by atoms with Gasteiger partial charge in [-0.15, -0.1) is 0 Å². The first-order chi connectivity index (χ1) is 14.8. The number of amides is 1. The zero-order valence-corrected chi connectivity index (χ0v) is 18.2. The monoisotopic (exact) mass is 408 g/mol. The quantitative estimate of drug-likeness (QED) is 0.823. The summed E-state index contributed by atoms with van der Waals surface area (Å²) in [5, 5.41) is 1.27. The first-order valence-electron chi connectivity index (χ1n) is 12.1. The van der Waals surface area contributed by atoms with Gasteiger partial charge in [-0.05, 0) is 62.9 Å². The molecule has 2 aliphatic heterocycles. The number of hydrogen-bond acceptors (Lipinski definition) is 3. The van der Waals surface area contributed by atoms with Gasteiger partial charge in [-0.25, -0.2) is 0 Å². The molecule has 0 spiro atoms. The van der Waals surface area contributed by atoms with Crippen molar-refractivity contribution in [3.8, 4) is 0 Å². The molecule has 3 fully saturated rings. The Hall–Kier alpha value is -1.85. The third-order valence-electron chi connectivity index (χ3n) is 7.52. The average molecular weight is 409 g/mol. The summed E-state index contributed by atoms with van der Waals surface area (Å²) in [6.45, 7) is 7.62. The fourth-order valence-electron chi connectivity index (χ4n) is 5.41. The van der Waals surface area contributed by atoms with Gasteiger partial charge in [-0.3, -0.25) is 14.6 Å². The lowest BCUT2D eigenvalue weighted by Crippen LogP contribution is -2.42. The van der Waals surface area contributed by atoms with Gasteiger partial charge < -0.3 is 9.88 Å². The standard InChI is InChI=1S/C25H36N4O/c30-25(29-12-3-1-2-4-13-29)20-9-10-23-21(18-26-24(23)17-20)19-27-11-6-14-28(16-15-27)22-7-5-8-22/h9-10,17-18,22,26H,1-8,11-16,19H2. The predicted octanol–water partition coefficient (Wildman–Crippen LogP) is 4.24. The van der Waals surface area contributed by atoms with Crippen molar-refractivity contribution in [2.24, 2.45) is 0 Å². The number of benzene rings is 1. The first kappa shape index (κ1) is 20.1. The van der Waals surface area contributed by atoms with Gasteiger partial charge >= 0.3 is 0 Å². The normalized spacial score (nSPS) is 22.6. The molecule has 5 rings (SSSR count). The molecule has 1 aliphatic carbocycles. The number of aromatic nitrogens is 1. The van der Waals surface area contributed by atoms with E-state index >= 15 is 0 Å². The zero-order chi connectivity index (χ0) is 20.3. The van der Waals surface area contributed by atoms with Crippen LogP contribution in [-0.4, -0.2) is 70.9 Å². The molecule has 3 aliphatic rings. The lowest BCUT2D eigenvalue weighted by Gasteiger charge is -2.36. The Morgan fingerprint density at radius 1 is 0.900 bits per heavy atom. The summed E-state index contributed by atoms with van der Waals surface area (Å²) < 4.78 is 0. The van der Waals surface area contributed by atoms with E-state index in [-0.39, 0.29) is 5.91 Å². The fourth-order valence-corrected chi connectivity index (χ4v) is 5.41. The number of nitrogens with zero attached hydrogens (tertiary/aromatic N) is 3. The fraction of sp³-hybridized carbons (Fsp3) is 0.640. The van der Waals surface area contributed by atoms with Crippen molar-refractivity contribution in [3.63, 3.8) is 0 Å². The van der Waals surface area contributed by atoms with Crippen molar-refractivity contribution in [2.45, 2.75) is 64.0 Å². The smallest absolute Gasteiger partial charge is 0.253 e. The minimum absolute atomic E-state index is 0.193. The van der Waals surface area contributed by atoms with E-state index in [1.807, 2.05) is 11.0 Å².